The number of carbonyl (C=O) groups excluding carboxylic acids is 2. The zero-order valence-corrected chi connectivity index (χ0v) is 27.9. The molecule has 0 radical (unpaired) electrons. The van der Waals surface area contributed by atoms with Crippen LogP contribution in [0.25, 0.3) is 6.08 Å². The summed E-state index contributed by atoms with van der Waals surface area (Å²) < 4.78 is 24.2. The van der Waals surface area contributed by atoms with Crippen molar-refractivity contribution in [3.63, 3.8) is 0 Å². The van der Waals surface area contributed by atoms with Gasteiger partial charge < -0.3 is 24.3 Å². The van der Waals surface area contributed by atoms with Crippen molar-refractivity contribution in [1.29, 1.82) is 0 Å². The van der Waals surface area contributed by atoms with Gasteiger partial charge >= 0.3 is 5.97 Å². The van der Waals surface area contributed by atoms with Crippen LogP contribution in [0.15, 0.2) is 87.8 Å². The molecule has 0 bridgehead atoms. The van der Waals surface area contributed by atoms with E-state index < -0.39 is 12.0 Å². The van der Waals surface area contributed by atoms with Crippen LogP contribution >= 0.6 is 33.9 Å². The molecule has 3 aromatic carbocycles. The van der Waals surface area contributed by atoms with Crippen LogP contribution in [0, 0.1) is 3.57 Å². The van der Waals surface area contributed by atoms with Crippen molar-refractivity contribution in [3.8, 4) is 17.2 Å². The second-order valence-electron chi connectivity index (χ2n) is 9.80. The monoisotopic (exact) mass is 739 g/mol. The quantitative estimate of drug-likeness (QED) is 0.189. The largest absolute Gasteiger partial charge is 0.497 e. The highest BCUT2D eigenvalue weighted by Gasteiger charge is 2.32. The van der Waals surface area contributed by atoms with Crippen molar-refractivity contribution >= 4 is 57.6 Å². The number of fused-ring (bicyclic) bond motifs is 1. The lowest BCUT2D eigenvalue weighted by Gasteiger charge is -2.25. The third-order valence-corrected chi connectivity index (χ3v) is 8.70. The lowest BCUT2D eigenvalue weighted by Crippen LogP contribution is -2.40. The minimum atomic E-state index is -0.730. The normalized spacial score (nSPS) is 14.3. The van der Waals surface area contributed by atoms with Crippen molar-refractivity contribution in [2.45, 2.75) is 19.9 Å². The Kier molecular flexibility index (Phi) is 10.0. The first kappa shape index (κ1) is 32.0. The Morgan fingerprint density at radius 2 is 1.80 bits per heavy atom. The molecule has 0 fully saturated rings. The molecule has 0 saturated heterocycles. The maximum atomic E-state index is 14.1. The first-order valence-corrected chi connectivity index (χ1v) is 15.8. The summed E-state index contributed by atoms with van der Waals surface area (Å²) in [6.07, 6.45) is 1.75. The number of amides is 1. The fourth-order valence-corrected chi connectivity index (χ4v) is 6.71. The van der Waals surface area contributed by atoms with E-state index in [1.807, 2.05) is 36.4 Å². The van der Waals surface area contributed by atoms with Gasteiger partial charge in [0.25, 0.3) is 11.5 Å². The molecule has 0 aliphatic carbocycles. The van der Waals surface area contributed by atoms with Crippen LogP contribution in [0.3, 0.4) is 0 Å². The molecule has 0 saturated carbocycles. The zero-order chi connectivity index (χ0) is 32.1. The summed E-state index contributed by atoms with van der Waals surface area (Å²) in [6, 6.07) is 19.2. The van der Waals surface area contributed by atoms with E-state index in [0.717, 1.165) is 5.56 Å². The van der Waals surface area contributed by atoms with Gasteiger partial charge in [-0.05, 0) is 90.0 Å². The van der Waals surface area contributed by atoms with E-state index in [4.69, 9.17) is 23.9 Å². The smallest absolute Gasteiger partial charge is 0.344 e. The molecule has 2 heterocycles. The molecule has 45 heavy (non-hydrogen) atoms. The average molecular weight is 740 g/mol. The van der Waals surface area contributed by atoms with Gasteiger partial charge in [-0.25, -0.2) is 9.79 Å². The summed E-state index contributed by atoms with van der Waals surface area (Å²) in [7, 11) is 3.08. The summed E-state index contributed by atoms with van der Waals surface area (Å²) in [5.74, 6) is 0.612. The number of nitrogens with zero attached hydrogens (tertiary/aromatic N) is 2. The standard InChI is InChI=1S/C33H30IN3O7S/c1-5-43-27(38)18-44-30-24(34)15-20(16-25(30)42-4)17-26-32(40)37-29(21-11-13-23(41-3)14-12-21)28(19(2)35-33(37)45-26)31(39)36-22-9-7-6-8-10-22/h6-17,29H,5,18H2,1-4H3,(H,36,39)/b26-17+/t29-/m0/s1. The lowest BCUT2D eigenvalue weighted by molar-refractivity contribution is -0.145. The summed E-state index contributed by atoms with van der Waals surface area (Å²) in [5, 5.41) is 2.95. The van der Waals surface area contributed by atoms with Crippen molar-refractivity contribution in [3.05, 3.63) is 112 Å². The van der Waals surface area contributed by atoms with Gasteiger partial charge in [0.1, 0.15) is 5.75 Å². The Labute approximate surface area is 276 Å². The Hall–Kier alpha value is -4.43. The van der Waals surface area contributed by atoms with Crippen LogP contribution in [0.2, 0.25) is 0 Å². The van der Waals surface area contributed by atoms with Gasteiger partial charge in [0.05, 0.1) is 46.2 Å². The maximum absolute atomic E-state index is 14.1. The number of ether oxygens (including phenoxy) is 4. The van der Waals surface area contributed by atoms with E-state index in [9.17, 15) is 14.4 Å². The molecule has 0 spiro atoms. The van der Waals surface area contributed by atoms with Crippen LogP contribution in [0.1, 0.15) is 31.0 Å². The number of methoxy groups -OCH3 is 2. The Morgan fingerprint density at radius 3 is 2.47 bits per heavy atom. The van der Waals surface area contributed by atoms with Crippen LogP contribution in [0.4, 0.5) is 5.69 Å². The Bertz CT molecular complexity index is 1950. The first-order chi connectivity index (χ1) is 21.7. The fourth-order valence-electron chi connectivity index (χ4n) is 4.88. The second kappa shape index (κ2) is 14.1. The van der Waals surface area contributed by atoms with E-state index in [0.29, 0.717) is 52.7 Å². The van der Waals surface area contributed by atoms with Crippen LogP contribution in [-0.2, 0) is 14.3 Å². The molecule has 1 amide bonds. The number of rotatable bonds is 10. The molecular weight excluding hydrogens is 709 g/mol. The molecule has 4 aromatic rings. The number of thiazole rings is 1. The molecular formula is C33H30IN3O7S. The molecule has 5 rings (SSSR count). The number of carbonyl (C=O) groups is 2. The number of nitrogens with one attached hydrogen (secondary N) is 1. The van der Waals surface area contributed by atoms with Crippen molar-refractivity contribution in [2.24, 2.45) is 4.99 Å². The van der Waals surface area contributed by atoms with E-state index in [2.05, 4.69) is 27.9 Å². The van der Waals surface area contributed by atoms with Gasteiger partial charge in [-0.15, -0.1) is 0 Å². The SMILES string of the molecule is CCOC(=O)COc1c(I)cc(/C=c2/sc3n(c2=O)[C@@H](c2ccc(OC)cc2)C(C(=O)Nc2ccccc2)=C(C)N=3)cc1OC. The third kappa shape index (κ3) is 6.96. The number of esters is 1. The number of anilines is 1. The van der Waals surface area contributed by atoms with Gasteiger partial charge in [-0.3, -0.25) is 14.2 Å². The number of halogens is 1. The zero-order valence-electron chi connectivity index (χ0n) is 25.0. The van der Waals surface area contributed by atoms with Crippen LogP contribution < -0.4 is 34.4 Å². The molecule has 1 aliphatic rings. The maximum Gasteiger partial charge on any atom is 0.344 e. The van der Waals surface area contributed by atoms with E-state index in [1.165, 1.54) is 18.4 Å². The van der Waals surface area contributed by atoms with Gasteiger partial charge in [0.2, 0.25) is 0 Å². The minimum Gasteiger partial charge on any atom is -0.497 e. The number of para-hydroxylation sites is 1. The predicted molar refractivity (Wildman–Crippen MR) is 180 cm³/mol. The van der Waals surface area contributed by atoms with E-state index in [-0.39, 0.29) is 24.7 Å². The molecule has 12 heteroatoms. The highest BCUT2D eigenvalue weighted by Crippen LogP contribution is 2.35. The van der Waals surface area contributed by atoms with E-state index >= 15 is 0 Å². The highest BCUT2D eigenvalue weighted by molar-refractivity contribution is 14.1. The molecule has 1 N–H and O–H groups in total. The number of aromatic nitrogens is 1. The Balaban J connectivity index is 1.59. The van der Waals surface area contributed by atoms with Gasteiger partial charge in [-0.1, -0.05) is 41.7 Å². The predicted octanol–water partition coefficient (Wildman–Crippen LogP) is 4.44. The second-order valence-corrected chi connectivity index (χ2v) is 12.0. The van der Waals surface area contributed by atoms with Gasteiger partial charge in [-0.2, -0.15) is 0 Å². The van der Waals surface area contributed by atoms with Crippen molar-refractivity contribution < 1.29 is 28.5 Å². The molecule has 232 valence electrons. The number of benzene rings is 3. The average Bonchev–Trinajstić information content (AvgIpc) is 3.33. The fraction of sp³-hybridized carbons (Fsp3) is 0.212. The van der Waals surface area contributed by atoms with Crippen LogP contribution in [0.5, 0.6) is 17.2 Å². The van der Waals surface area contributed by atoms with E-state index in [1.54, 1.807) is 61.9 Å². The number of hydrogen-bond donors (Lipinski definition) is 1. The molecule has 1 aliphatic heterocycles. The first-order valence-electron chi connectivity index (χ1n) is 13.9. The molecule has 10 nitrogen and oxygen atoms in total. The molecule has 1 atom stereocenters. The van der Waals surface area contributed by atoms with Crippen LogP contribution in [-0.4, -0.2) is 43.9 Å². The van der Waals surface area contributed by atoms with Crippen molar-refractivity contribution in [2.75, 3.05) is 32.8 Å². The molecule has 0 unspecified atom stereocenters. The summed E-state index contributed by atoms with van der Waals surface area (Å²) in [5.41, 5.74) is 2.62. The highest BCUT2D eigenvalue weighted by atomic mass is 127. The number of hydrogen-bond acceptors (Lipinski definition) is 9. The topological polar surface area (TPSA) is 117 Å². The van der Waals surface area contributed by atoms with Crippen molar-refractivity contribution in [1.82, 2.24) is 4.57 Å². The number of allylic oxidation sites excluding steroid dienone is 1. The van der Waals surface area contributed by atoms with Gasteiger partial charge in [0.15, 0.2) is 22.9 Å². The summed E-state index contributed by atoms with van der Waals surface area (Å²) in [6.45, 7) is 3.49. The van der Waals surface area contributed by atoms with Gasteiger partial charge in [0, 0.05) is 5.69 Å². The third-order valence-electron chi connectivity index (χ3n) is 6.92. The molecule has 1 aromatic heterocycles. The summed E-state index contributed by atoms with van der Waals surface area (Å²) in [4.78, 5) is 44.9. The lowest BCUT2D eigenvalue weighted by atomic mass is 9.95. The Morgan fingerprint density at radius 1 is 1.07 bits per heavy atom. The summed E-state index contributed by atoms with van der Waals surface area (Å²) >= 11 is 3.32. The minimum absolute atomic E-state index is 0.254.